The van der Waals surface area contributed by atoms with Crippen LogP contribution in [0.1, 0.15) is 38.3 Å². The maximum Gasteiger partial charge on any atom is 0.305 e. The van der Waals surface area contributed by atoms with Crippen LogP contribution in [0, 0.1) is 0 Å². The summed E-state index contributed by atoms with van der Waals surface area (Å²) in [6.07, 6.45) is -0.169. The average Bonchev–Trinajstić information content (AvgIpc) is 3.44. The topological polar surface area (TPSA) is 119 Å². The summed E-state index contributed by atoms with van der Waals surface area (Å²) >= 11 is 14.3. The van der Waals surface area contributed by atoms with Crippen LogP contribution in [0.25, 0.3) is 10.4 Å². The van der Waals surface area contributed by atoms with Gasteiger partial charge in [0.1, 0.15) is 5.75 Å². The molecule has 2 heterocycles. The van der Waals surface area contributed by atoms with E-state index in [1.165, 1.54) is 35.4 Å². The van der Waals surface area contributed by atoms with Crippen LogP contribution in [-0.2, 0) is 4.79 Å². The lowest BCUT2D eigenvalue weighted by molar-refractivity contribution is -0.137. The SMILES string of the molecule is CC(=NNC(=O)c1ccc(C(=O)N(C)CCC(=O)O)s1)c1csc(-c2ccc(Cl)c(Cl)c2)c1O. The predicted octanol–water partition coefficient (Wildman–Crippen LogP) is 5.19. The monoisotopic (exact) mass is 539 g/mol. The summed E-state index contributed by atoms with van der Waals surface area (Å²) in [5, 5.41) is 26.0. The van der Waals surface area contributed by atoms with Crippen molar-refractivity contribution in [3.63, 3.8) is 0 Å². The Hall–Kier alpha value is -2.92. The Morgan fingerprint density at radius 1 is 1.12 bits per heavy atom. The number of halogens is 2. The van der Waals surface area contributed by atoms with Crippen LogP contribution in [0.4, 0.5) is 0 Å². The van der Waals surface area contributed by atoms with Crippen LogP contribution in [0.2, 0.25) is 10.0 Å². The van der Waals surface area contributed by atoms with Gasteiger partial charge in [-0.15, -0.1) is 22.7 Å². The van der Waals surface area contributed by atoms with E-state index < -0.39 is 11.9 Å². The third-order valence-corrected chi connectivity index (χ3v) is 7.54. The minimum Gasteiger partial charge on any atom is -0.506 e. The first kappa shape index (κ1) is 25.7. The molecule has 0 aliphatic carbocycles. The molecular weight excluding hydrogens is 521 g/mol. The first-order chi connectivity index (χ1) is 16.1. The summed E-state index contributed by atoms with van der Waals surface area (Å²) in [6, 6.07) is 8.04. The molecule has 2 aromatic heterocycles. The van der Waals surface area contributed by atoms with E-state index >= 15 is 0 Å². The van der Waals surface area contributed by atoms with E-state index in [1.54, 1.807) is 30.5 Å². The number of aliphatic carboxylic acids is 1. The van der Waals surface area contributed by atoms with Crippen LogP contribution < -0.4 is 5.43 Å². The van der Waals surface area contributed by atoms with Crippen LogP contribution in [0.3, 0.4) is 0 Å². The number of aromatic hydroxyl groups is 1. The van der Waals surface area contributed by atoms with Gasteiger partial charge in [-0.3, -0.25) is 14.4 Å². The molecule has 0 unspecified atom stereocenters. The Labute approximate surface area is 213 Å². The maximum absolute atomic E-state index is 12.5. The molecule has 3 N–H and O–H groups in total. The number of carboxylic acids is 1. The fourth-order valence-electron chi connectivity index (χ4n) is 2.83. The molecule has 0 saturated heterocycles. The first-order valence-electron chi connectivity index (χ1n) is 9.76. The van der Waals surface area contributed by atoms with Crippen LogP contribution in [-0.4, -0.2) is 52.2 Å². The molecule has 0 radical (unpaired) electrons. The van der Waals surface area contributed by atoms with Crippen molar-refractivity contribution in [2.75, 3.05) is 13.6 Å². The predicted molar refractivity (Wildman–Crippen MR) is 135 cm³/mol. The maximum atomic E-state index is 12.5. The summed E-state index contributed by atoms with van der Waals surface area (Å²) in [6.45, 7) is 1.70. The molecule has 1 aromatic carbocycles. The number of rotatable bonds is 8. The van der Waals surface area contributed by atoms with E-state index in [4.69, 9.17) is 28.3 Å². The third-order valence-electron chi connectivity index (χ3n) is 4.71. The number of hydrogen-bond donors (Lipinski definition) is 3. The number of thiophene rings is 2. The highest BCUT2D eigenvalue weighted by molar-refractivity contribution is 7.16. The lowest BCUT2D eigenvalue weighted by atomic mass is 10.1. The number of carbonyl (C=O) groups excluding carboxylic acids is 2. The third kappa shape index (κ3) is 5.95. The van der Waals surface area contributed by atoms with Gasteiger partial charge >= 0.3 is 5.97 Å². The Kier molecular flexibility index (Phi) is 8.32. The largest absolute Gasteiger partial charge is 0.506 e. The van der Waals surface area contributed by atoms with Crippen molar-refractivity contribution >= 4 is 69.4 Å². The van der Waals surface area contributed by atoms with E-state index in [9.17, 15) is 19.5 Å². The van der Waals surface area contributed by atoms with Gasteiger partial charge < -0.3 is 15.1 Å². The van der Waals surface area contributed by atoms with Gasteiger partial charge in [0.2, 0.25) is 0 Å². The molecule has 34 heavy (non-hydrogen) atoms. The van der Waals surface area contributed by atoms with Gasteiger partial charge in [0.25, 0.3) is 11.8 Å². The molecular formula is C22H19Cl2N3O5S2. The van der Waals surface area contributed by atoms with Gasteiger partial charge in [0.15, 0.2) is 0 Å². The van der Waals surface area contributed by atoms with Crippen molar-refractivity contribution in [3.05, 3.63) is 61.1 Å². The second-order valence-corrected chi connectivity index (χ2v) is 9.91. The van der Waals surface area contributed by atoms with Gasteiger partial charge in [-0.25, -0.2) is 5.43 Å². The molecule has 0 fully saturated rings. The molecule has 12 heteroatoms. The molecule has 0 aliphatic rings. The summed E-state index contributed by atoms with van der Waals surface area (Å²) in [4.78, 5) is 38.0. The number of nitrogens with one attached hydrogen (secondary N) is 1. The normalized spacial score (nSPS) is 11.4. The molecule has 2 amide bonds. The first-order valence-corrected chi connectivity index (χ1v) is 12.2. The van der Waals surface area contributed by atoms with Crippen molar-refractivity contribution in [2.24, 2.45) is 5.10 Å². The van der Waals surface area contributed by atoms with Crippen molar-refractivity contribution in [1.82, 2.24) is 10.3 Å². The zero-order valence-electron chi connectivity index (χ0n) is 18.0. The minimum absolute atomic E-state index is 0.00675. The molecule has 0 spiro atoms. The fraction of sp³-hybridized carbons (Fsp3) is 0.182. The average molecular weight is 540 g/mol. The molecule has 3 rings (SSSR count). The van der Waals surface area contributed by atoms with Crippen LogP contribution >= 0.6 is 45.9 Å². The molecule has 8 nitrogen and oxygen atoms in total. The van der Waals surface area contributed by atoms with Gasteiger partial charge in [0, 0.05) is 19.0 Å². The Bertz CT molecular complexity index is 1290. The minimum atomic E-state index is -1.00. The van der Waals surface area contributed by atoms with E-state index in [0.717, 1.165) is 11.3 Å². The second-order valence-electron chi connectivity index (χ2n) is 7.13. The zero-order valence-corrected chi connectivity index (χ0v) is 21.1. The molecule has 0 bridgehead atoms. The van der Waals surface area contributed by atoms with Crippen LogP contribution in [0.5, 0.6) is 5.75 Å². The summed E-state index contributed by atoms with van der Waals surface area (Å²) in [5.74, 6) is -1.88. The number of carboxylic acid groups (broad SMARTS) is 1. The van der Waals surface area contributed by atoms with Crippen LogP contribution in [0.15, 0.2) is 40.8 Å². The standard InChI is InChI=1S/C22H19Cl2N3O5S2/c1-11(13-10-33-20(19(13)30)12-3-4-14(23)15(24)9-12)25-26-21(31)16-5-6-17(34-16)22(32)27(2)8-7-18(28)29/h3-6,9-10,30H,7-8H2,1-2H3,(H,26,31)(H,28,29). The van der Waals surface area contributed by atoms with Gasteiger partial charge in [0.05, 0.1) is 42.4 Å². The van der Waals surface area contributed by atoms with Crippen molar-refractivity contribution in [2.45, 2.75) is 13.3 Å². The lowest BCUT2D eigenvalue weighted by Gasteiger charge is -2.14. The van der Waals surface area contributed by atoms with Gasteiger partial charge in [-0.1, -0.05) is 29.3 Å². The second kappa shape index (κ2) is 11.0. The molecule has 178 valence electrons. The number of hydrogen-bond acceptors (Lipinski definition) is 7. The summed E-state index contributed by atoms with van der Waals surface area (Å²) in [7, 11) is 1.50. The lowest BCUT2D eigenvalue weighted by Crippen LogP contribution is -2.28. The van der Waals surface area contributed by atoms with E-state index in [2.05, 4.69) is 10.5 Å². The van der Waals surface area contributed by atoms with Gasteiger partial charge in [-0.05, 0) is 36.8 Å². The quantitative estimate of drug-likeness (QED) is 0.268. The van der Waals surface area contributed by atoms with E-state index in [1.807, 2.05) is 0 Å². The van der Waals surface area contributed by atoms with Crippen molar-refractivity contribution < 1.29 is 24.6 Å². The zero-order chi connectivity index (χ0) is 25.0. The molecule has 0 saturated carbocycles. The molecule has 0 atom stereocenters. The van der Waals surface area contributed by atoms with Crippen molar-refractivity contribution in [1.29, 1.82) is 0 Å². The fourth-order valence-corrected chi connectivity index (χ4v) is 5.02. The Morgan fingerprint density at radius 3 is 2.50 bits per heavy atom. The number of nitrogens with zero attached hydrogens (tertiary/aromatic N) is 2. The smallest absolute Gasteiger partial charge is 0.305 e. The number of benzene rings is 1. The highest BCUT2D eigenvalue weighted by Crippen LogP contribution is 2.40. The van der Waals surface area contributed by atoms with E-state index in [-0.39, 0.29) is 29.5 Å². The number of carbonyl (C=O) groups is 3. The molecule has 0 aliphatic heterocycles. The summed E-state index contributed by atoms with van der Waals surface area (Å²) in [5.41, 5.74) is 3.96. The van der Waals surface area contributed by atoms with E-state index in [0.29, 0.717) is 36.6 Å². The Balaban J connectivity index is 1.69. The summed E-state index contributed by atoms with van der Waals surface area (Å²) < 4.78 is 0. The number of amides is 2. The number of hydrazone groups is 1. The van der Waals surface area contributed by atoms with Gasteiger partial charge in [-0.2, -0.15) is 5.10 Å². The Morgan fingerprint density at radius 2 is 1.82 bits per heavy atom. The van der Waals surface area contributed by atoms with Crippen molar-refractivity contribution in [3.8, 4) is 16.2 Å². The molecule has 3 aromatic rings. The highest BCUT2D eigenvalue weighted by atomic mass is 35.5. The highest BCUT2D eigenvalue weighted by Gasteiger charge is 2.19.